The molecule has 3 rings (SSSR count). The summed E-state index contributed by atoms with van der Waals surface area (Å²) in [6.45, 7) is 4.10. The number of hydrogen-bond acceptors (Lipinski definition) is 4. The van der Waals surface area contributed by atoms with E-state index >= 15 is 0 Å². The third-order valence-electron chi connectivity index (χ3n) is 3.11. The molecule has 0 unspecified atom stereocenters. The van der Waals surface area contributed by atoms with Gasteiger partial charge >= 0.3 is 0 Å². The third kappa shape index (κ3) is 3.10. The molecule has 1 aromatic carbocycles. The number of carbonyl (C=O) groups is 1. The van der Waals surface area contributed by atoms with Crippen LogP contribution in [-0.4, -0.2) is 23.2 Å². The molecule has 1 fully saturated rings. The molecular formula is C16H13ClN2O2S. The average molecular weight is 333 g/mol. The minimum Gasteiger partial charge on any atom is -0.461 e. The molecule has 112 valence electrons. The predicted octanol–water partition coefficient (Wildman–Crippen LogP) is 4.24. The van der Waals surface area contributed by atoms with Crippen LogP contribution in [0, 0.1) is 0 Å². The number of hydrogen-bond donors (Lipinski definition) is 0. The first-order valence-corrected chi connectivity index (χ1v) is 7.99. The van der Waals surface area contributed by atoms with Crippen molar-refractivity contribution in [2.24, 2.45) is 4.99 Å². The quantitative estimate of drug-likeness (QED) is 0.786. The van der Waals surface area contributed by atoms with Crippen molar-refractivity contribution < 1.29 is 9.21 Å². The lowest BCUT2D eigenvalue weighted by Gasteiger charge is -2.19. The summed E-state index contributed by atoms with van der Waals surface area (Å²) in [6, 6.07) is 10.8. The second kappa shape index (κ2) is 6.42. The number of Topliss-reactive ketones (excluding diaryl/α,β-unsaturated/α-hetero) is 1. The summed E-state index contributed by atoms with van der Waals surface area (Å²) in [5.74, 6) is 0.923. The van der Waals surface area contributed by atoms with Gasteiger partial charge in [-0.25, -0.2) is 0 Å². The summed E-state index contributed by atoms with van der Waals surface area (Å²) in [4.78, 5) is 18.3. The fourth-order valence-corrected chi connectivity index (χ4v) is 3.14. The SMILES string of the molecule is C=C1CSC(=NCC(=O)c2ccco2)N1c1ccc(Cl)cc1. The first kappa shape index (κ1) is 14.9. The molecule has 0 N–H and O–H groups in total. The van der Waals surface area contributed by atoms with Gasteiger partial charge in [-0.3, -0.25) is 14.7 Å². The van der Waals surface area contributed by atoms with Crippen molar-refractivity contribution >= 4 is 40.0 Å². The Morgan fingerprint density at radius 1 is 1.36 bits per heavy atom. The molecule has 2 aromatic rings. The number of nitrogens with zero attached hydrogens (tertiary/aromatic N) is 2. The Bertz CT molecular complexity index is 723. The number of rotatable bonds is 4. The van der Waals surface area contributed by atoms with Crippen LogP contribution in [0.25, 0.3) is 0 Å². The summed E-state index contributed by atoms with van der Waals surface area (Å²) in [7, 11) is 0. The van der Waals surface area contributed by atoms with Crippen molar-refractivity contribution in [3.05, 3.63) is 65.7 Å². The van der Waals surface area contributed by atoms with Crippen LogP contribution < -0.4 is 4.90 Å². The van der Waals surface area contributed by atoms with Crippen molar-refractivity contribution in [2.45, 2.75) is 0 Å². The molecule has 0 amide bonds. The maximum absolute atomic E-state index is 12.0. The van der Waals surface area contributed by atoms with Crippen molar-refractivity contribution in [2.75, 3.05) is 17.2 Å². The number of amidine groups is 1. The van der Waals surface area contributed by atoms with Gasteiger partial charge in [0.15, 0.2) is 10.9 Å². The lowest BCUT2D eigenvalue weighted by Crippen LogP contribution is -2.22. The Morgan fingerprint density at radius 3 is 2.82 bits per heavy atom. The lowest BCUT2D eigenvalue weighted by molar-refractivity contribution is 0.0976. The van der Waals surface area contributed by atoms with E-state index in [2.05, 4.69) is 11.6 Å². The van der Waals surface area contributed by atoms with Gasteiger partial charge in [0, 0.05) is 22.2 Å². The predicted molar refractivity (Wildman–Crippen MR) is 90.9 cm³/mol. The second-order valence-corrected chi connectivity index (χ2v) is 6.04. The standard InChI is InChI=1S/C16H13ClN2O2S/c1-11-10-22-16(18-9-14(20)15-3-2-8-21-15)19(11)13-6-4-12(17)5-7-13/h2-8H,1,9-10H2. The fourth-order valence-electron chi connectivity index (χ4n) is 2.07. The zero-order valence-electron chi connectivity index (χ0n) is 11.7. The Balaban J connectivity index is 1.79. The summed E-state index contributed by atoms with van der Waals surface area (Å²) in [6.07, 6.45) is 1.48. The van der Waals surface area contributed by atoms with E-state index in [0.29, 0.717) is 10.8 Å². The van der Waals surface area contributed by atoms with Crippen molar-refractivity contribution in [1.29, 1.82) is 0 Å². The number of anilines is 1. The van der Waals surface area contributed by atoms with Gasteiger partial charge < -0.3 is 4.42 Å². The zero-order chi connectivity index (χ0) is 15.5. The molecule has 22 heavy (non-hydrogen) atoms. The number of thioether (sulfide) groups is 1. The van der Waals surface area contributed by atoms with Gasteiger partial charge in [-0.2, -0.15) is 0 Å². The molecule has 4 nitrogen and oxygen atoms in total. The first-order chi connectivity index (χ1) is 10.6. The van der Waals surface area contributed by atoms with Gasteiger partial charge in [-0.15, -0.1) is 0 Å². The van der Waals surface area contributed by atoms with E-state index in [1.165, 1.54) is 6.26 Å². The molecule has 0 spiro atoms. The molecule has 0 bridgehead atoms. The molecule has 0 aliphatic carbocycles. The molecule has 2 heterocycles. The van der Waals surface area contributed by atoms with Gasteiger partial charge in [0.05, 0.1) is 6.26 Å². The number of ketones is 1. The number of carbonyl (C=O) groups excluding carboxylic acids is 1. The maximum atomic E-state index is 12.0. The van der Waals surface area contributed by atoms with E-state index in [0.717, 1.165) is 22.3 Å². The molecule has 0 radical (unpaired) electrons. The zero-order valence-corrected chi connectivity index (χ0v) is 13.2. The van der Waals surface area contributed by atoms with Crippen molar-refractivity contribution in [3.63, 3.8) is 0 Å². The topological polar surface area (TPSA) is 45.8 Å². The van der Waals surface area contributed by atoms with Crippen LogP contribution in [0.3, 0.4) is 0 Å². The Labute approximate surface area is 137 Å². The molecule has 6 heteroatoms. The van der Waals surface area contributed by atoms with Crippen LogP contribution >= 0.6 is 23.4 Å². The van der Waals surface area contributed by atoms with E-state index in [4.69, 9.17) is 16.0 Å². The minimum absolute atomic E-state index is 0.0488. The minimum atomic E-state index is -0.147. The summed E-state index contributed by atoms with van der Waals surface area (Å²) in [5, 5.41) is 1.43. The Hall–Kier alpha value is -1.98. The van der Waals surface area contributed by atoms with Crippen molar-refractivity contribution in [3.8, 4) is 0 Å². The maximum Gasteiger partial charge on any atom is 0.219 e. The van der Waals surface area contributed by atoms with E-state index in [1.54, 1.807) is 23.9 Å². The largest absolute Gasteiger partial charge is 0.461 e. The monoisotopic (exact) mass is 332 g/mol. The van der Waals surface area contributed by atoms with E-state index in [9.17, 15) is 4.79 Å². The second-order valence-electron chi connectivity index (χ2n) is 4.67. The number of aliphatic imine (C=N–C) groups is 1. The van der Waals surface area contributed by atoms with Crippen LogP contribution in [-0.2, 0) is 0 Å². The number of benzene rings is 1. The number of halogens is 1. The highest BCUT2D eigenvalue weighted by Gasteiger charge is 2.25. The Kier molecular flexibility index (Phi) is 4.36. The average Bonchev–Trinajstić information content (AvgIpc) is 3.16. The summed E-state index contributed by atoms with van der Waals surface area (Å²) >= 11 is 7.48. The fraction of sp³-hybridized carbons (Fsp3) is 0.125. The van der Waals surface area contributed by atoms with Gasteiger partial charge in [0.2, 0.25) is 5.78 Å². The van der Waals surface area contributed by atoms with Gasteiger partial charge in [0.1, 0.15) is 6.54 Å². The highest BCUT2D eigenvalue weighted by Crippen LogP contribution is 2.32. The van der Waals surface area contributed by atoms with Crippen molar-refractivity contribution in [1.82, 2.24) is 0 Å². The molecule has 0 saturated carbocycles. The Morgan fingerprint density at radius 2 is 2.14 bits per heavy atom. The highest BCUT2D eigenvalue weighted by atomic mass is 35.5. The van der Waals surface area contributed by atoms with Crippen LogP contribution in [0.5, 0.6) is 0 Å². The van der Waals surface area contributed by atoms with E-state index < -0.39 is 0 Å². The number of furan rings is 1. The first-order valence-electron chi connectivity index (χ1n) is 6.62. The van der Waals surface area contributed by atoms with Gasteiger partial charge in [-0.1, -0.05) is 29.9 Å². The van der Waals surface area contributed by atoms with Crippen LogP contribution in [0.2, 0.25) is 5.02 Å². The van der Waals surface area contributed by atoms with E-state index in [-0.39, 0.29) is 12.3 Å². The summed E-state index contributed by atoms with van der Waals surface area (Å²) < 4.78 is 5.08. The molecule has 1 saturated heterocycles. The molecule has 0 atom stereocenters. The smallest absolute Gasteiger partial charge is 0.219 e. The third-order valence-corrected chi connectivity index (χ3v) is 4.41. The van der Waals surface area contributed by atoms with Crippen LogP contribution in [0.1, 0.15) is 10.6 Å². The highest BCUT2D eigenvalue weighted by molar-refractivity contribution is 8.14. The molecule has 1 aliphatic heterocycles. The normalized spacial score (nSPS) is 16.5. The van der Waals surface area contributed by atoms with Crippen LogP contribution in [0.15, 0.2) is 64.3 Å². The summed E-state index contributed by atoms with van der Waals surface area (Å²) in [5.41, 5.74) is 1.86. The van der Waals surface area contributed by atoms with Gasteiger partial charge in [-0.05, 0) is 36.4 Å². The van der Waals surface area contributed by atoms with Gasteiger partial charge in [0.25, 0.3) is 0 Å². The lowest BCUT2D eigenvalue weighted by atomic mass is 10.3. The van der Waals surface area contributed by atoms with E-state index in [1.807, 2.05) is 29.2 Å². The molecular weight excluding hydrogens is 320 g/mol. The molecule has 1 aliphatic rings. The molecule has 1 aromatic heterocycles. The van der Waals surface area contributed by atoms with Crippen LogP contribution in [0.4, 0.5) is 5.69 Å².